The van der Waals surface area contributed by atoms with Gasteiger partial charge in [0.2, 0.25) is 0 Å². The summed E-state index contributed by atoms with van der Waals surface area (Å²) in [6.45, 7) is 1.64. The third kappa shape index (κ3) is 3.98. The lowest BCUT2D eigenvalue weighted by Gasteiger charge is -2.09. The number of hydrogen-bond acceptors (Lipinski definition) is 5. The molecule has 1 unspecified atom stereocenters. The molecule has 17 heavy (non-hydrogen) atoms. The molecule has 2 heterocycles. The Morgan fingerprint density at radius 3 is 3.29 bits per heavy atom. The van der Waals surface area contributed by atoms with E-state index in [9.17, 15) is 4.79 Å². The molecule has 0 bridgehead atoms. The van der Waals surface area contributed by atoms with Gasteiger partial charge in [-0.3, -0.25) is 4.79 Å². The predicted octanol–water partition coefficient (Wildman–Crippen LogP) is 1.75. The minimum Gasteiger partial charge on any atom is -0.481 e. The van der Waals surface area contributed by atoms with Gasteiger partial charge in [0, 0.05) is 25.0 Å². The second-order valence-electron chi connectivity index (χ2n) is 4.05. The van der Waals surface area contributed by atoms with Gasteiger partial charge in [0.1, 0.15) is 0 Å². The second kappa shape index (κ2) is 5.97. The zero-order valence-corrected chi connectivity index (χ0v) is 10.3. The van der Waals surface area contributed by atoms with Crippen LogP contribution in [0.3, 0.4) is 0 Å². The standard InChI is InChI=1S/C11H16N2O3S/c14-10(15)4-3-8-7-17-11(13-8)12-6-9-2-1-5-16-9/h7,9H,1-6H2,(H,12,13)(H,14,15). The molecule has 0 amide bonds. The van der Waals surface area contributed by atoms with Gasteiger partial charge in [0.25, 0.3) is 0 Å². The predicted molar refractivity (Wildman–Crippen MR) is 65.5 cm³/mol. The third-order valence-electron chi connectivity index (χ3n) is 2.65. The molecule has 1 fully saturated rings. The summed E-state index contributed by atoms with van der Waals surface area (Å²) in [4.78, 5) is 14.8. The van der Waals surface area contributed by atoms with Gasteiger partial charge in [-0.05, 0) is 12.8 Å². The molecule has 1 aromatic rings. The van der Waals surface area contributed by atoms with Crippen LogP contribution in [0.15, 0.2) is 5.38 Å². The molecule has 0 radical (unpaired) electrons. The Bertz CT molecular complexity index is 375. The largest absolute Gasteiger partial charge is 0.481 e. The van der Waals surface area contributed by atoms with Crippen LogP contribution in [0.1, 0.15) is 25.0 Å². The van der Waals surface area contributed by atoms with E-state index in [1.54, 1.807) is 0 Å². The fraction of sp³-hybridized carbons (Fsp3) is 0.636. The molecule has 1 atom stereocenters. The highest BCUT2D eigenvalue weighted by Crippen LogP contribution is 2.18. The van der Waals surface area contributed by atoms with Crippen LogP contribution in [-0.4, -0.2) is 35.3 Å². The summed E-state index contributed by atoms with van der Waals surface area (Å²) < 4.78 is 5.50. The zero-order valence-electron chi connectivity index (χ0n) is 9.52. The maximum Gasteiger partial charge on any atom is 0.303 e. The van der Waals surface area contributed by atoms with Crippen molar-refractivity contribution in [2.45, 2.75) is 31.8 Å². The van der Waals surface area contributed by atoms with Crippen LogP contribution in [0.2, 0.25) is 0 Å². The molecule has 2 rings (SSSR count). The molecule has 1 aromatic heterocycles. The third-order valence-corrected chi connectivity index (χ3v) is 3.50. The molecule has 1 aliphatic rings. The van der Waals surface area contributed by atoms with Crippen LogP contribution in [0.25, 0.3) is 0 Å². The Hall–Kier alpha value is -1.14. The molecule has 0 spiro atoms. The maximum absolute atomic E-state index is 10.4. The highest BCUT2D eigenvalue weighted by Gasteiger charge is 2.15. The number of rotatable bonds is 6. The van der Waals surface area contributed by atoms with Gasteiger partial charge in [0.15, 0.2) is 5.13 Å². The lowest BCUT2D eigenvalue weighted by Crippen LogP contribution is -2.18. The summed E-state index contributed by atoms with van der Waals surface area (Å²) in [6.07, 6.45) is 3.15. The monoisotopic (exact) mass is 256 g/mol. The smallest absolute Gasteiger partial charge is 0.303 e. The van der Waals surface area contributed by atoms with E-state index < -0.39 is 5.97 Å². The fourth-order valence-electron chi connectivity index (χ4n) is 1.74. The van der Waals surface area contributed by atoms with Crippen molar-refractivity contribution in [3.05, 3.63) is 11.1 Å². The number of ether oxygens (including phenoxy) is 1. The number of hydrogen-bond donors (Lipinski definition) is 2. The number of carbonyl (C=O) groups is 1. The Labute approximate surface area is 104 Å². The summed E-state index contributed by atoms with van der Waals surface area (Å²) in [5.74, 6) is -0.785. The van der Waals surface area contributed by atoms with Crippen molar-refractivity contribution < 1.29 is 14.6 Å². The second-order valence-corrected chi connectivity index (χ2v) is 4.91. The summed E-state index contributed by atoms with van der Waals surface area (Å²) in [6, 6.07) is 0. The zero-order chi connectivity index (χ0) is 12.1. The van der Waals surface area contributed by atoms with Gasteiger partial charge in [-0.25, -0.2) is 4.98 Å². The first-order valence-corrected chi connectivity index (χ1v) is 6.63. The average Bonchev–Trinajstić information content (AvgIpc) is 2.95. The van der Waals surface area contributed by atoms with Crippen LogP contribution in [0.4, 0.5) is 5.13 Å². The molecular weight excluding hydrogens is 240 g/mol. The van der Waals surface area contributed by atoms with Gasteiger partial charge in [-0.2, -0.15) is 0 Å². The van der Waals surface area contributed by atoms with Gasteiger partial charge >= 0.3 is 5.97 Å². The number of aliphatic carboxylic acids is 1. The lowest BCUT2D eigenvalue weighted by molar-refractivity contribution is -0.136. The molecule has 0 aliphatic carbocycles. The quantitative estimate of drug-likeness (QED) is 0.811. The Morgan fingerprint density at radius 2 is 2.59 bits per heavy atom. The van der Waals surface area contributed by atoms with Crippen molar-refractivity contribution in [1.29, 1.82) is 0 Å². The summed E-state index contributed by atoms with van der Waals surface area (Å²) in [5.41, 5.74) is 0.840. The molecule has 0 saturated carbocycles. The van der Waals surface area contributed by atoms with Crippen molar-refractivity contribution in [3.8, 4) is 0 Å². The fourth-order valence-corrected chi connectivity index (χ4v) is 2.50. The van der Waals surface area contributed by atoms with Crippen molar-refractivity contribution in [2.24, 2.45) is 0 Å². The summed E-state index contributed by atoms with van der Waals surface area (Å²) >= 11 is 1.51. The highest BCUT2D eigenvalue weighted by atomic mass is 32.1. The van der Waals surface area contributed by atoms with Crippen molar-refractivity contribution >= 4 is 22.4 Å². The number of anilines is 1. The van der Waals surface area contributed by atoms with Gasteiger partial charge in [0.05, 0.1) is 18.2 Å². The maximum atomic E-state index is 10.4. The number of aromatic nitrogens is 1. The van der Waals surface area contributed by atoms with Crippen LogP contribution in [-0.2, 0) is 16.0 Å². The number of nitrogens with zero attached hydrogens (tertiary/aromatic N) is 1. The molecule has 1 aliphatic heterocycles. The molecule has 94 valence electrons. The Balaban J connectivity index is 1.75. The summed E-state index contributed by atoms with van der Waals surface area (Å²) in [7, 11) is 0. The topological polar surface area (TPSA) is 71.5 Å². The number of thiazole rings is 1. The van der Waals surface area contributed by atoms with Crippen LogP contribution >= 0.6 is 11.3 Å². The van der Waals surface area contributed by atoms with Crippen LogP contribution in [0.5, 0.6) is 0 Å². The first-order chi connectivity index (χ1) is 8.24. The number of aryl methyl sites for hydroxylation is 1. The van der Waals surface area contributed by atoms with E-state index in [0.29, 0.717) is 12.5 Å². The van der Waals surface area contributed by atoms with E-state index in [1.807, 2.05) is 5.38 Å². The molecule has 0 aromatic carbocycles. The van der Waals surface area contributed by atoms with Crippen molar-refractivity contribution in [1.82, 2.24) is 4.98 Å². The lowest BCUT2D eigenvalue weighted by atomic mass is 10.2. The first kappa shape index (κ1) is 12.3. The highest BCUT2D eigenvalue weighted by molar-refractivity contribution is 7.13. The van der Waals surface area contributed by atoms with E-state index in [2.05, 4.69) is 10.3 Å². The SMILES string of the molecule is O=C(O)CCc1csc(NCC2CCCO2)n1. The number of carboxylic acid groups (broad SMARTS) is 1. The minimum atomic E-state index is -0.785. The molecule has 6 heteroatoms. The normalized spacial score (nSPS) is 19.4. The van der Waals surface area contributed by atoms with Gasteiger partial charge in [-0.15, -0.1) is 11.3 Å². The Morgan fingerprint density at radius 1 is 1.71 bits per heavy atom. The Kier molecular flexibility index (Phi) is 4.33. The molecule has 5 nitrogen and oxygen atoms in total. The molecule has 2 N–H and O–H groups in total. The van der Waals surface area contributed by atoms with Crippen molar-refractivity contribution in [2.75, 3.05) is 18.5 Å². The van der Waals surface area contributed by atoms with Crippen LogP contribution < -0.4 is 5.32 Å². The van der Waals surface area contributed by atoms with E-state index in [1.165, 1.54) is 11.3 Å². The van der Waals surface area contributed by atoms with E-state index in [0.717, 1.165) is 36.8 Å². The van der Waals surface area contributed by atoms with Crippen LogP contribution in [0, 0.1) is 0 Å². The van der Waals surface area contributed by atoms with Gasteiger partial charge in [-0.1, -0.05) is 0 Å². The summed E-state index contributed by atoms with van der Waals surface area (Å²) in [5, 5.41) is 14.6. The van der Waals surface area contributed by atoms with E-state index >= 15 is 0 Å². The number of nitrogens with one attached hydrogen (secondary N) is 1. The van der Waals surface area contributed by atoms with E-state index in [-0.39, 0.29) is 6.42 Å². The molecule has 1 saturated heterocycles. The number of carboxylic acids is 1. The minimum absolute atomic E-state index is 0.134. The van der Waals surface area contributed by atoms with Gasteiger partial charge < -0.3 is 15.2 Å². The van der Waals surface area contributed by atoms with E-state index in [4.69, 9.17) is 9.84 Å². The first-order valence-electron chi connectivity index (χ1n) is 5.75. The average molecular weight is 256 g/mol. The molecular formula is C11H16N2O3S. The van der Waals surface area contributed by atoms with Crippen molar-refractivity contribution in [3.63, 3.8) is 0 Å².